The van der Waals surface area contributed by atoms with Crippen LogP contribution >= 0.6 is 0 Å². The summed E-state index contributed by atoms with van der Waals surface area (Å²) < 4.78 is 18.8. The molecule has 0 aliphatic carbocycles. The molecule has 1 aromatic carbocycles. The Bertz CT molecular complexity index is 646. The van der Waals surface area contributed by atoms with Gasteiger partial charge in [0.05, 0.1) is 7.11 Å². The lowest BCUT2D eigenvalue weighted by atomic mass is 10.0. The van der Waals surface area contributed by atoms with Crippen LogP contribution in [-0.4, -0.2) is 49.5 Å². The minimum absolute atomic E-state index is 0.0128. The molecule has 2 N–H and O–H groups in total. The van der Waals surface area contributed by atoms with Gasteiger partial charge in [-0.1, -0.05) is 12.5 Å². The van der Waals surface area contributed by atoms with Crippen molar-refractivity contribution in [3.63, 3.8) is 0 Å². The van der Waals surface area contributed by atoms with Gasteiger partial charge in [-0.25, -0.2) is 4.39 Å². The Labute approximate surface area is 166 Å². The summed E-state index contributed by atoms with van der Waals surface area (Å²) in [5.74, 6) is 0.0240. The van der Waals surface area contributed by atoms with Crippen molar-refractivity contribution in [2.75, 3.05) is 26.7 Å². The van der Waals surface area contributed by atoms with Crippen molar-refractivity contribution in [1.82, 2.24) is 15.5 Å². The number of carbonyl (C=O) groups excluding carboxylic acids is 2. The van der Waals surface area contributed by atoms with Gasteiger partial charge in [-0.15, -0.1) is 0 Å². The number of amides is 2. The maximum Gasteiger partial charge on any atom is 0.220 e. The summed E-state index contributed by atoms with van der Waals surface area (Å²) >= 11 is 0. The van der Waals surface area contributed by atoms with E-state index in [2.05, 4.69) is 15.5 Å². The quantitative estimate of drug-likeness (QED) is 0.600. The number of hydrogen-bond acceptors (Lipinski definition) is 4. The van der Waals surface area contributed by atoms with Gasteiger partial charge in [-0.2, -0.15) is 0 Å². The highest BCUT2D eigenvalue weighted by atomic mass is 19.1. The Kier molecular flexibility index (Phi) is 9.20. The standard InChI is InChI=1S/C21H32FN3O3/c1-16(26)23-11-5-3-4-6-21(27)24-18-9-12-25(13-10-18)15-17-7-8-20(28-2)19(22)14-17/h7-8,14,18H,3-6,9-13,15H2,1-2H3,(H,23,26)(H,24,27). The third-order valence-electron chi connectivity index (χ3n) is 5.03. The predicted molar refractivity (Wildman–Crippen MR) is 107 cm³/mol. The smallest absolute Gasteiger partial charge is 0.220 e. The number of nitrogens with zero attached hydrogens (tertiary/aromatic N) is 1. The van der Waals surface area contributed by atoms with Crippen LogP contribution in [0.1, 0.15) is 51.0 Å². The highest BCUT2D eigenvalue weighted by molar-refractivity contribution is 5.76. The van der Waals surface area contributed by atoms with E-state index in [9.17, 15) is 14.0 Å². The number of unbranched alkanes of at least 4 members (excludes halogenated alkanes) is 2. The Morgan fingerprint density at radius 3 is 2.61 bits per heavy atom. The molecule has 1 saturated heterocycles. The largest absolute Gasteiger partial charge is 0.494 e. The molecule has 0 bridgehead atoms. The zero-order chi connectivity index (χ0) is 20.4. The molecule has 1 fully saturated rings. The van der Waals surface area contributed by atoms with E-state index in [1.807, 2.05) is 6.07 Å². The third-order valence-corrected chi connectivity index (χ3v) is 5.03. The zero-order valence-corrected chi connectivity index (χ0v) is 16.9. The van der Waals surface area contributed by atoms with E-state index in [1.54, 1.807) is 6.07 Å². The number of ether oxygens (including phenoxy) is 1. The summed E-state index contributed by atoms with van der Waals surface area (Å²) in [6, 6.07) is 5.30. The van der Waals surface area contributed by atoms with E-state index in [4.69, 9.17) is 4.74 Å². The molecule has 0 atom stereocenters. The number of piperidine rings is 1. The number of nitrogens with one attached hydrogen (secondary N) is 2. The third kappa shape index (κ3) is 7.84. The fourth-order valence-corrected chi connectivity index (χ4v) is 3.45. The van der Waals surface area contributed by atoms with Crippen molar-refractivity contribution < 1.29 is 18.7 Å². The van der Waals surface area contributed by atoms with Crippen molar-refractivity contribution in [3.05, 3.63) is 29.6 Å². The molecule has 0 aromatic heterocycles. The molecule has 7 heteroatoms. The molecule has 2 amide bonds. The van der Waals surface area contributed by atoms with Crippen LogP contribution in [0.2, 0.25) is 0 Å². The van der Waals surface area contributed by atoms with Gasteiger partial charge >= 0.3 is 0 Å². The number of likely N-dealkylation sites (tertiary alicyclic amines) is 1. The van der Waals surface area contributed by atoms with E-state index in [0.717, 1.165) is 50.8 Å². The highest BCUT2D eigenvalue weighted by Crippen LogP contribution is 2.20. The van der Waals surface area contributed by atoms with Crippen molar-refractivity contribution in [2.45, 2.75) is 58.0 Å². The number of methoxy groups -OCH3 is 1. The SMILES string of the molecule is COc1ccc(CN2CCC(NC(=O)CCCCCNC(C)=O)CC2)cc1F. The van der Waals surface area contributed by atoms with Gasteiger partial charge in [0.25, 0.3) is 0 Å². The lowest BCUT2D eigenvalue weighted by Gasteiger charge is -2.32. The first kappa shape index (κ1) is 22.1. The van der Waals surface area contributed by atoms with Crippen LogP contribution in [0.5, 0.6) is 5.75 Å². The Hall–Kier alpha value is -2.15. The van der Waals surface area contributed by atoms with Crippen LogP contribution in [0.4, 0.5) is 4.39 Å². The normalized spacial score (nSPS) is 15.2. The predicted octanol–water partition coefficient (Wildman–Crippen LogP) is 2.61. The average Bonchev–Trinajstić information content (AvgIpc) is 2.66. The lowest BCUT2D eigenvalue weighted by molar-refractivity contribution is -0.122. The lowest BCUT2D eigenvalue weighted by Crippen LogP contribution is -2.44. The van der Waals surface area contributed by atoms with Gasteiger partial charge in [0, 0.05) is 45.6 Å². The van der Waals surface area contributed by atoms with Crippen LogP contribution < -0.4 is 15.4 Å². The summed E-state index contributed by atoms with van der Waals surface area (Å²) in [5, 5.41) is 5.88. The molecule has 1 aliphatic heterocycles. The molecule has 156 valence electrons. The van der Waals surface area contributed by atoms with Crippen LogP contribution in [0.3, 0.4) is 0 Å². The topological polar surface area (TPSA) is 70.7 Å². The van der Waals surface area contributed by atoms with Gasteiger partial charge < -0.3 is 15.4 Å². The minimum atomic E-state index is -0.334. The molecule has 2 rings (SSSR count). The maximum absolute atomic E-state index is 13.8. The maximum atomic E-state index is 13.8. The van der Waals surface area contributed by atoms with E-state index in [1.165, 1.54) is 20.1 Å². The van der Waals surface area contributed by atoms with E-state index in [-0.39, 0.29) is 29.4 Å². The van der Waals surface area contributed by atoms with Gasteiger partial charge in [-0.3, -0.25) is 14.5 Å². The van der Waals surface area contributed by atoms with Gasteiger partial charge in [0.15, 0.2) is 11.6 Å². The van der Waals surface area contributed by atoms with Crippen molar-refractivity contribution in [1.29, 1.82) is 0 Å². The van der Waals surface area contributed by atoms with Crippen molar-refractivity contribution >= 4 is 11.8 Å². The van der Waals surface area contributed by atoms with Crippen LogP contribution in [-0.2, 0) is 16.1 Å². The summed E-state index contributed by atoms with van der Waals surface area (Å²) in [7, 11) is 1.46. The Morgan fingerprint density at radius 1 is 1.21 bits per heavy atom. The average molecular weight is 394 g/mol. The molecular weight excluding hydrogens is 361 g/mol. The van der Waals surface area contributed by atoms with Crippen LogP contribution in [0, 0.1) is 5.82 Å². The fourth-order valence-electron chi connectivity index (χ4n) is 3.45. The number of halogens is 1. The molecule has 28 heavy (non-hydrogen) atoms. The van der Waals surface area contributed by atoms with Crippen molar-refractivity contribution in [3.8, 4) is 5.75 Å². The van der Waals surface area contributed by atoms with Gasteiger partial charge in [0.2, 0.25) is 11.8 Å². The first-order valence-electron chi connectivity index (χ1n) is 10.1. The molecule has 0 radical (unpaired) electrons. The number of rotatable bonds is 10. The van der Waals surface area contributed by atoms with Crippen LogP contribution in [0.25, 0.3) is 0 Å². The van der Waals surface area contributed by atoms with E-state index >= 15 is 0 Å². The number of carbonyl (C=O) groups is 2. The number of hydrogen-bond donors (Lipinski definition) is 2. The highest BCUT2D eigenvalue weighted by Gasteiger charge is 2.20. The second kappa shape index (κ2) is 11.6. The molecular formula is C21H32FN3O3. The van der Waals surface area contributed by atoms with Gasteiger partial charge in [-0.05, 0) is 43.4 Å². The Morgan fingerprint density at radius 2 is 1.96 bits per heavy atom. The first-order valence-corrected chi connectivity index (χ1v) is 10.1. The summed E-state index contributed by atoms with van der Waals surface area (Å²) in [6.45, 7) is 4.65. The Balaban J connectivity index is 1.60. The van der Waals surface area contributed by atoms with Crippen LogP contribution in [0.15, 0.2) is 18.2 Å². The molecule has 0 spiro atoms. The fraction of sp³-hybridized carbons (Fsp3) is 0.619. The molecule has 1 aromatic rings. The van der Waals surface area contributed by atoms with Crippen molar-refractivity contribution in [2.24, 2.45) is 0 Å². The number of benzene rings is 1. The molecule has 1 heterocycles. The second-order valence-electron chi connectivity index (χ2n) is 7.38. The first-order chi connectivity index (χ1) is 13.5. The molecule has 1 aliphatic rings. The monoisotopic (exact) mass is 393 g/mol. The van der Waals surface area contributed by atoms with Gasteiger partial charge in [0.1, 0.15) is 0 Å². The summed E-state index contributed by atoms with van der Waals surface area (Å²) in [5.41, 5.74) is 0.931. The molecule has 0 saturated carbocycles. The minimum Gasteiger partial charge on any atom is -0.494 e. The molecule has 6 nitrogen and oxygen atoms in total. The molecule has 0 unspecified atom stereocenters. The summed E-state index contributed by atoms with van der Waals surface area (Å²) in [4.78, 5) is 25.1. The van der Waals surface area contributed by atoms with E-state index in [0.29, 0.717) is 19.5 Å². The second-order valence-corrected chi connectivity index (χ2v) is 7.38. The summed E-state index contributed by atoms with van der Waals surface area (Å²) in [6.07, 6.45) is 5.03. The zero-order valence-electron chi connectivity index (χ0n) is 16.9. The van der Waals surface area contributed by atoms with E-state index < -0.39 is 0 Å².